The van der Waals surface area contributed by atoms with Gasteiger partial charge in [-0.15, -0.1) is 0 Å². The Balaban J connectivity index is 2.26. The number of nitrogens with one attached hydrogen (secondary N) is 2. The van der Waals surface area contributed by atoms with Gasteiger partial charge in [0, 0.05) is 29.9 Å². The number of hydrogen-bond acceptors (Lipinski definition) is 5. The molecular formula is C16H15N3O5. The summed E-state index contributed by atoms with van der Waals surface area (Å²) in [6, 6.07) is 10.3. The van der Waals surface area contributed by atoms with Gasteiger partial charge in [-0.25, -0.2) is 0 Å². The highest BCUT2D eigenvalue weighted by molar-refractivity contribution is 6.05. The zero-order valence-corrected chi connectivity index (χ0v) is 13.0. The number of nitrogens with zero attached hydrogens (tertiary/aromatic N) is 1. The number of carbonyl (C=O) groups excluding carboxylic acids is 2. The number of anilines is 1. The van der Waals surface area contributed by atoms with Gasteiger partial charge in [-0.05, 0) is 30.3 Å². The van der Waals surface area contributed by atoms with Gasteiger partial charge in [0.15, 0.2) is 5.75 Å². The van der Waals surface area contributed by atoms with Gasteiger partial charge in [0.1, 0.15) is 0 Å². The second-order valence-corrected chi connectivity index (χ2v) is 4.76. The fourth-order valence-corrected chi connectivity index (χ4v) is 2.06. The Morgan fingerprint density at radius 2 is 1.79 bits per heavy atom. The van der Waals surface area contributed by atoms with Crippen LogP contribution >= 0.6 is 0 Å². The average molecular weight is 329 g/mol. The van der Waals surface area contributed by atoms with Gasteiger partial charge in [-0.1, -0.05) is 6.07 Å². The van der Waals surface area contributed by atoms with E-state index in [0.29, 0.717) is 11.3 Å². The summed E-state index contributed by atoms with van der Waals surface area (Å²) in [5.41, 5.74) is 0.590. The Hall–Kier alpha value is -3.42. The van der Waals surface area contributed by atoms with Crippen molar-refractivity contribution in [1.82, 2.24) is 5.32 Å². The molecule has 2 rings (SSSR count). The lowest BCUT2D eigenvalue weighted by Crippen LogP contribution is -2.18. The van der Waals surface area contributed by atoms with Crippen molar-refractivity contribution < 1.29 is 19.2 Å². The molecule has 0 saturated carbocycles. The number of benzene rings is 2. The molecule has 8 heteroatoms. The van der Waals surface area contributed by atoms with E-state index in [2.05, 4.69) is 10.6 Å². The molecule has 0 aliphatic carbocycles. The summed E-state index contributed by atoms with van der Waals surface area (Å²) in [5, 5.41) is 16.1. The van der Waals surface area contributed by atoms with E-state index in [4.69, 9.17) is 4.74 Å². The van der Waals surface area contributed by atoms with Gasteiger partial charge in [0.05, 0.1) is 12.0 Å². The molecule has 0 radical (unpaired) electrons. The standard InChI is InChI=1S/C16H15N3O5/c1-17-15(20)10-4-3-5-12(8-10)18-16(21)11-6-7-14(24-2)13(9-11)19(22)23/h3-9H,1-2H3,(H,17,20)(H,18,21). The van der Waals surface area contributed by atoms with Crippen molar-refractivity contribution in [3.8, 4) is 5.75 Å². The van der Waals surface area contributed by atoms with Gasteiger partial charge in [0.2, 0.25) is 0 Å². The quantitative estimate of drug-likeness (QED) is 0.645. The fraction of sp³-hybridized carbons (Fsp3) is 0.125. The van der Waals surface area contributed by atoms with Crippen LogP contribution in [0.15, 0.2) is 42.5 Å². The zero-order chi connectivity index (χ0) is 17.7. The van der Waals surface area contributed by atoms with Gasteiger partial charge in [-0.3, -0.25) is 19.7 Å². The minimum atomic E-state index is -0.623. The van der Waals surface area contributed by atoms with E-state index in [0.717, 1.165) is 6.07 Å². The minimum absolute atomic E-state index is 0.0677. The lowest BCUT2D eigenvalue weighted by Gasteiger charge is -2.08. The van der Waals surface area contributed by atoms with E-state index in [1.807, 2.05) is 0 Å². The molecule has 2 amide bonds. The first-order chi connectivity index (χ1) is 11.5. The van der Waals surface area contributed by atoms with Crippen LogP contribution in [-0.2, 0) is 0 Å². The number of methoxy groups -OCH3 is 1. The number of nitro benzene ring substituents is 1. The Morgan fingerprint density at radius 3 is 2.42 bits per heavy atom. The first-order valence-corrected chi connectivity index (χ1v) is 6.92. The summed E-state index contributed by atoms with van der Waals surface area (Å²) in [7, 11) is 2.82. The van der Waals surface area contributed by atoms with Crippen LogP contribution in [0.4, 0.5) is 11.4 Å². The molecule has 0 aromatic heterocycles. The normalized spacial score (nSPS) is 9.92. The molecule has 0 saturated heterocycles. The van der Waals surface area contributed by atoms with Crippen LogP contribution in [0.1, 0.15) is 20.7 Å². The maximum absolute atomic E-state index is 12.3. The first-order valence-electron chi connectivity index (χ1n) is 6.92. The number of ether oxygens (including phenoxy) is 1. The maximum Gasteiger partial charge on any atom is 0.311 e. The molecule has 0 aliphatic rings. The molecular weight excluding hydrogens is 314 g/mol. The smallest absolute Gasteiger partial charge is 0.311 e. The second kappa shape index (κ2) is 7.23. The maximum atomic E-state index is 12.3. The van der Waals surface area contributed by atoms with Crippen molar-refractivity contribution >= 4 is 23.2 Å². The van der Waals surface area contributed by atoms with E-state index in [9.17, 15) is 19.7 Å². The van der Waals surface area contributed by atoms with Gasteiger partial charge in [-0.2, -0.15) is 0 Å². The van der Waals surface area contributed by atoms with Crippen LogP contribution in [0, 0.1) is 10.1 Å². The van der Waals surface area contributed by atoms with E-state index in [-0.39, 0.29) is 22.9 Å². The van der Waals surface area contributed by atoms with Gasteiger partial charge < -0.3 is 15.4 Å². The molecule has 2 aromatic carbocycles. The number of carbonyl (C=O) groups is 2. The molecule has 0 unspecified atom stereocenters. The first kappa shape index (κ1) is 16.9. The van der Waals surface area contributed by atoms with Crippen molar-refractivity contribution in [3.05, 3.63) is 63.7 Å². The van der Waals surface area contributed by atoms with E-state index < -0.39 is 10.8 Å². The predicted octanol–water partition coefficient (Wildman–Crippen LogP) is 2.22. The lowest BCUT2D eigenvalue weighted by atomic mass is 10.1. The highest BCUT2D eigenvalue weighted by atomic mass is 16.6. The monoisotopic (exact) mass is 329 g/mol. The number of hydrogen-bond donors (Lipinski definition) is 2. The van der Waals surface area contributed by atoms with Crippen LogP contribution in [-0.4, -0.2) is 30.9 Å². The second-order valence-electron chi connectivity index (χ2n) is 4.76. The van der Waals surface area contributed by atoms with Crippen molar-refractivity contribution in [2.45, 2.75) is 0 Å². The largest absolute Gasteiger partial charge is 0.490 e. The molecule has 24 heavy (non-hydrogen) atoms. The fourth-order valence-electron chi connectivity index (χ4n) is 2.06. The molecule has 0 spiro atoms. The molecule has 0 aliphatic heterocycles. The van der Waals surface area contributed by atoms with Gasteiger partial charge in [0.25, 0.3) is 11.8 Å². The molecule has 2 aromatic rings. The van der Waals surface area contributed by atoms with Crippen LogP contribution < -0.4 is 15.4 Å². The van der Waals surface area contributed by atoms with Crippen LogP contribution in [0.25, 0.3) is 0 Å². The lowest BCUT2D eigenvalue weighted by molar-refractivity contribution is -0.385. The minimum Gasteiger partial charge on any atom is -0.490 e. The molecule has 0 fully saturated rings. The van der Waals surface area contributed by atoms with Crippen molar-refractivity contribution in [2.75, 3.05) is 19.5 Å². The SMILES string of the molecule is CNC(=O)c1cccc(NC(=O)c2ccc(OC)c([N+](=O)[O-])c2)c1. The third-order valence-electron chi connectivity index (χ3n) is 3.25. The third-order valence-corrected chi connectivity index (χ3v) is 3.25. The number of amides is 2. The number of nitro groups is 1. The summed E-state index contributed by atoms with van der Waals surface area (Å²) in [5.74, 6) is -0.751. The molecule has 8 nitrogen and oxygen atoms in total. The Kier molecular flexibility index (Phi) is 5.10. The van der Waals surface area contributed by atoms with Crippen LogP contribution in [0.5, 0.6) is 5.75 Å². The van der Waals surface area contributed by atoms with Crippen LogP contribution in [0.2, 0.25) is 0 Å². The Bertz CT molecular complexity index is 804. The van der Waals surface area contributed by atoms with Crippen molar-refractivity contribution in [2.24, 2.45) is 0 Å². The zero-order valence-electron chi connectivity index (χ0n) is 13.0. The molecule has 124 valence electrons. The van der Waals surface area contributed by atoms with Gasteiger partial charge >= 0.3 is 5.69 Å². The van der Waals surface area contributed by atoms with Crippen molar-refractivity contribution in [3.63, 3.8) is 0 Å². The van der Waals surface area contributed by atoms with E-state index in [1.54, 1.807) is 18.2 Å². The molecule has 0 heterocycles. The van der Waals surface area contributed by atoms with Crippen LogP contribution in [0.3, 0.4) is 0 Å². The Labute approximate surface area is 137 Å². The summed E-state index contributed by atoms with van der Waals surface area (Å²) in [4.78, 5) is 34.3. The van der Waals surface area contributed by atoms with Crippen molar-refractivity contribution in [1.29, 1.82) is 0 Å². The molecule has 2 N–H and O–H groups in total. The average Bonchev–Trinajstić information content (AvgIpc) is 2.60. The molecule has 0 bridgehead atoms. The predicted molar refractivity (Wildman–Crippen MR) is 87.4 cm³/mol. The van der Waals surface area contributed by atoms with E-state index in [1.165, 1.54) is 32.4 Å². The molecule has 0 atom stereocenters. The Morgan fingerprint density at radius 1 is 1.08 bits per heavy atom. The summed E-state index contributed by atoms with van der Waals surface area (Å²) < 4.78 is 4.90. The topological polar surface area (TPSA) is 111 Å². The summed E-state index contributed by atoms with van der Waals surface area (Å²) in [6.07, 6.45) is 0. The third kappa shape index (κ3) is 3.67. The number of rotatable bonds is 5. The highest BCUT2D eigenvalue weighted by Gasteiger charge is 2.18. The van der Waals surface area contributed by atoms with E-state index >= 15 is 0 Å². The summed E-state index contributed by atoms with van der Waals surface area (Å²) in [6.45, 7) is 0. The summed E-state index contributed by atoms with van der Waals surface area (Å²) >= 11 is 0. The highest BCUT2D eigenvalue weighted by Crippen LogP contribution is 2.27.